The van der Waals surface area contributed by atoms with Crippen LogP contribution in [-0.2, 0) is 16.0 Å². The number of nitrogens with one attached hydrogen (secondary N) is 1. The van der Waals surface area contributed by atoms with Crippen LogP contribution in [-0.4, -0.2) is 49.2 Å². The third-order valence-electron chi connectivity index (χ3n) is 4.78. The lowest BCUT2D eigenvalue weighted by Crippen LogP contribution is -2.31. The summed E-state index contributed by atoms with van der Waals surface area (Å²) < 4.78 is 5.28. The molecule has 1 atom stereocenters. The molecular weight excluding hydrogens is 372 g/mol. The van der Waals surface area contributed by atoms with E-state index in [-0.39, 0.29) is 0 Å². The molecule has 0 saturated carbocycles. The van der Waals surface area contributed by atoms with Gasteiger partial charge in [0.15, 0.2) is 6.10 Å². The van der Waals surface area contributed by atoms with Gasteiger partial charge in [-0.1, -0.05) is 24.3 Å². The second-order valence-electron chi connectivity index (χ2n) is 6.77. The molecule has 2 aromatic rings. The Bertz CT molecular complexity index is 767. The SMILES string of the molecule is CCOC(Cc1ccc(NCCCN2CCSc3ccccc32)cc1)C(=O)O. The van der Waals surface area contributed by atoms with Crippen LogP contribution in [0.5, 0.6) is 0 Å². The first kappa shape index (κ1) is 20.6. The van der Waals surface area contributed by atoms with Crippen molar-refractivity contribution in [2.24, 2.45) is 0 Å². The predicted molar refractivity (Wildman–Crippen MR) is 116 cm³/mol. The number of aliphatic carboxylic acids is 1. The predicted octanol–water partition coefficient (Wildman–Crippen LogP) is 4.13. The van der Waals surface area contributed by atoms with Gasteiger partial charge in [-0.15, -0.1) is 11.8 Å². The molecule has 0 aromatic heterocycles. The Hall–Kier alpha value is -2.18. The van der Waals surface area contributed by atoms with Gasteiger partial charge in [-0.05, 0) is 43.2 Å². The summed E-state index contributed by atoms with van der Waals surface area (Å²) in [6.45, 7) is 5.25. The topological polar surface area (TPSA) is 61.8 Å². The number of carboxylic acids is 1. The molecule has 0 fully saturated rings. The minimum Gasteiger partial charge on any atom is -0.479 e. The Morgan fingerprint density at radius 2 is 2.04 bits per heavy atom. The van der Waals surface area contributed by atoms with Crippen LogP contribution in [0.4, 0.5) is 11.4 Å². The fourth-order valence-electron chi connectivity index (χ4n) is 3.35. The number of para-hydroxylation sites is 1. The molecule has 1 aliphatic heterocycles. The molecule has 1 aliphatic rings. The zero-order chi connectivity index (χ0) is 19.8. The van der Waals surface area contributed by atoms with Crippen LogP contribution in [0.2, 0.25) is 0 Å². The molecule has 150 valence electrons. The summed E-state index contributed by atoms with van der Waals surface area (Å²) >= 11 is 1.94. The molecular formula is C22H28N2O3S. The number of ether oxygens (including phenoxy) is 1. The van der Waals surface area contributed by atoms with E-state index in [0.29, 0.717) is 13.0 Å². The number of nitrogens with zero attached hydrogens (tertiary/aromatic N) is 1. The number of hydrogen-bond donors (Lipinski definition) is 2. The first-order chi connectivity index (χ1) is 13.7. The molecule has 0 amide bonds. The largest absolute Gasteiger partial charge is 0.479 e. The summed E-state index contributed by atoms with van der Waals surface area (Å²) in [6.07, 6.45) is 0.663. The lowest BCUT2D eigenvalue weighted by atomic mass is 10.1. The van der Waals surface area contributed by atoms with Gasteiger partial charge in [0.05, 0.1) is 5.69 Å². The van der Waals surface area contributed by atoms with E-state index in [0.717, 1.165) is 43.1 Å². The molecule has 0 spiro atoms. The van der Waals surface area contributed by atoms with E-state index in [1.807, 2.05) is 43.0 Å². The Labute approximate surface area is 171 Å². The molecule has 0 bridgehead atoms. The Balaban J connectivity index is 1.44. The first-order valence-corrected chi connectivity index (χ1v) is 10.8. The number of anilines is 2. The lowest BCUT2D eigenvalue weighted by Gasteiger charge is -2.30. The maximum absolute atomic E-state index is 11.2. The van der Waals surface area contributed by atoms with E-state index >= 15 is 0 Å². The number of fused-ring (bicyclic) bond motifs is 1. The first-order valence-electron chi connectivity index (χ1n) is 9.81. The zero-order valence-corrected chi connectivity index (χ0v) is 17.1. The highest BCUT2D eigenvalue weighted by molar-refractivity contribution is 7.99. The highest BCUT2D eigenvalue weighted by atomic mass is 32.2. The molecule has 3 rings (SSSR count). The van der Waals surface area contributed by atoms with E-state index < -0.39 is 12.1 Å². The van der Waals surface area contributed by atoms with Gasteiger partial charge >= 0.3 is 5.97 Å². The quantitative estimate of drug-likeness (QED) is 0.585. The van der Waals surface area contributed by atoms with E-state index in [4.69, 9.17) is 4.74 Å². The van der Waals surface area contributed by atoms with Gasteiger partial charge in [0, 0.05) is 49.0 Å². The molecule has 2 aromatic carbocycles. The summed E-state index contributed by atoms with van der Waals surface area (Å²) in [4.78, 5) is 15.0. The van der Waals surface area contributed by atoms with Crippen molar-refractivity contribution in [3.63, 3.8) is 0 Å². The standard InChI is InChI=1S/C22H28N2O3S/c1-2-27-20(22(25)26)16-17-8-10-18(11-9-17)23-12-5-13-24-14-15-28-21-7-4-3-6-19(21)24/h3-4,6-11,20,23H,2,5,12-16H2,1H3,(H,25,26). The van der Waals surface area contributed by atoms with Crippen molar-refractivity contribution in [3.8, 4) is 0 Å². The monoisotopic (exact) mass is 400 g/mol. The van der Waals surface area contributed by atoms with Crippen LogP contribution >= 0.6 is 11.8 Å². The van der Waals surface area contributed by atoms with Crippen LogP contribution in [0.15, 0.2) is 53.4 Å². The second-order valence-corrected chi connectivity index (χ2v) is 7.90. The highest BCUT2D eigenvalue weighted by Crippen LogP contribution is 2.34. The smallest absolute Gasteiger partial charge is 0.333 e. The molecule has 0 radical (unpaired) electrons. The number of carboxylic acid groups (broad SMARTS) is 1. The fourth-order valence-corrected chi connectivity index (χ4v) is 4.40. The van der Waals surface area contributed by atoms with Crippen LogP contribution in [0.3, 0.4) is 0 Å². The van der Waals surface area contributed by atoms with Gasteiger partial charge in [0.2, 0.25) is 0 Å². The van der Waals surface area contributed by atoms with Gasteiger partial charge in [-0.2, -0.15) is 0 Å². The third-order valence-corrected chi connectivity index (χ3v) is 5.82. The van der Waals surface area contributed by atoms with Crippen molar-refractivity contribution in [1.82, 2.24) is 0 Å². The van der Waals surface area contributed by atoms with Gasteiger partial charge in [0.25, 0.3) is 0 Å². The maximum Gasteiger partial charge on any atom is 0.333 e. The van der Waals surface area contributed by atoms with E-state index in [2.05, 4.69) is 34.5 Å². The summed E-state index contributed by atoms with van der Waals surface area (Å²) in [7, 11) is 0. The van der Waals surface area contributed by atoms with Gasteiger partial charge in [-0.25, -0.2) is 4.79 Å². The van der Waals surface area contributed by atoms with Crippen molar-refractivity contribution in [2.75, 3.05) is 42.2 Å². The van der Waals surface area contributed by atoms with E-state index in [1.54, 1.807) is 0 Å². The molecule has 5 nitrogen and oxygen atoms in total. The van der Waals surface area contributed by atoms with Gasteiger partial charge in [-0.3, -0.25) is 0 Å². The number of carbonyl (C=O) groups is 1. The fraction of sp³-hybridized carbons (Fsp3) is 0.409. The van der Waals surface area contributed by atoms with Crippen molar-refractivity contribution in [2.45, 2.75) is 30.8 Å². The van der Waals surface area contributed by atoms with Gasteiger partial charge < -0.3 is 20.1 Å². The summed E-state index contributed by atoms with van der Waals surface area (Å²) in [6, 6.07) is 16.6. The molecule has 1 unspecified atom stereocenters. The Morgan fingerprint density at radius 3 is 2.79 bits per heavy atom. The minimum atomic E-state index is -0.915. The average molecular weight is 401 g/mol. The van der Waals surface area contributed by atoms with E-state index in [9.17, 15) is 9.90 Å². The Kier molecular flexibility index (Phi) is 7.62. The van der Waals surface area contributed by atoms with Crippen LogP contribution in [0, 0.1) is 0 Å². The second kappa shape index (κ2) is 10.4. The van der Waals surface area contributed by atoms with Crippen molar-refractivity contribution in [1.29, 1.82) is 0 Å². The number of rotatable bonds is 10. The van der Waals surface area contributed by atoms with E-state index in [1.165, 1.54) is 10.6 Å². The normalized spacial score (nSPS) is 14.4. The summed E-state index contributed by atoms with van der Waals surface area (Å²) in [5.74, 6) is 0.229. The molecule has 0 saturated heterocycles. The number of benzene rings is 2. The Morgan fingerprint density at radius 1 is 1.25 bits per heavy atom. The number of hydrogen-bond acceptors (Lipinski definition) is 5. The lowest BCUT2D eigenvalue weighted by molar-refractivity contribution is -0.149. The molecule has 2 N–H and O–H groups in total. The van der Waals surface area contributed by atoms with Crippen molar-refractivity contribution in [3.05, 3.63) is 54.1 Å². The van der Waals surface area contributed by atoms with Crippen LogP contribution < -0.4 is 10.2 Å². The minimum absolute atomic E-state index is 0.385. The highest BCUT2D eigenvalue weighted by Gasteiger charge is 2.18. The maximum atomic E-state index is 11.2. The molecule has 6 heteroatoms. The van der Waals surface area contributed by atoms with Gasteiger partial charge in [0.1, 0.15) is 0 Å². The van der Waals surface area contributed by atoms with Crippen LogP contribution in [0.1, 0.15) is 18.9 Å². The van der Waals surface area contributed by atoms with Crippen molar-refractivity contribution < 1.29 is 14.6 Å². The molecule has 28 heavy (non-hydrogen) atoms. The third kappa shape index (κ3) is 5.66. The molecule has 0 aliphatic carbocycles. The summed E-state index contributed by atoms with van der Waals surface area (Å²) in [5.41, 5.74) is 3.38. The molecule has 1 heterocycles. The summed E-state index contributed by atoms with van der Waals surface area (Å²) in [5, 5.41) is 12.6. The number of thioether (sulfide) groups is 1. The van der Waals surface area contributed by atoms with Crippen LogP contribution in [0.25, 0.3) is 0 Å². The van der Waals surface area contributed by atoms with Crippen molar-refractivity contribution >= 4 is 29.1 Å². The zero-order valence-electron chi connectivity index (χ0n) is 16.3. The average Bonchev–Trinajstić information content (AvgIpc) is 2.72.